The highest BCUT2D eigenvalue weighted by Crippen LogP contribution is 2.15. The molecule has 0 saturated carbocycles. The van der Waals surface area contributed by atoms with Crippen molar-refractivity contribution in [1.29, 1.82) is 0 Å². The fourth-order valence-corrected chi connectivity index (χ4v) is 3.27. The summed E-state index contributed by atoms with van der Waals surface area (Å²) < 4.78 is 20.0. The van der Waals surface area contributed by atoms with E-state index in [9.17, 15) is 14.0 Å². The monoisotopic (exact) mass is 468 g/mol. The first-order valence-corrected chi connectivity index (χ1v) is 10.9. The Morgan fingerprint density at radius 1 is 1.21 bits per heavy atom. The lowest BCUT2D eigenvalue weighted by Gasteiger charge is -2.18. The molecular weight excluding hydrogens is 447 g/mol. The van der Waals surface area contributed by atoms with Crippen LogP contribution in [-0.2, 0) is 16.1 Å². The summed E-state index contributed by atoms with van der Waals surface area (Å²) in [7, 11) is 0. The van der Waals surface area contributed by atoms with Crippen molar-refractivity contribution >= 4 is 39.5 Å². The van der Waals surface area contributed by atoms with E-state index in [4.69, 9.17) is 4.74 Å². The average molecular weight is 469 g/mol. The molecule has 0 aliphatic rings. The van der Waals surface area contributed by atoms with Crippen LogP contribution in [0.4, 0.5) is 4.39 Å². The van der Waals surface area contributed by atoms with Gasteiger partial charge in [0.2, 0.25) is 5.91 Å². The minimum absolute atomic E-state index is 0.0380. The predicted octanol–water partition coefficient (Wildman–Crippen LogP) is 3.52. The normalized spacial score (nSPS) is 11.5. The van der Waals surface area contributed by atoms with E-state index in [2.05, 4.69) is 26.6 Å². The molecule has 28 heavy (non-hydrogen) atoms. The molecule has 2 aromatic rings. The number of ether oxygens (including phenoxy) is 1. The van der Waals surface area contributed by atoms with Crippen molar-refractivity contribution in [2.45, 2.75) is 19.0 Å². The molecule has 0 radical (unpaired) electrons. The Bertz CT molecular complexity index is 792. The van der Waals surface area contributed by atoms with Gasteiger partial charge in [0.15, 0.2) is 6.61 Å². The molecule has 0 aliphatic heterocycles. The number of benzene rings is 2. The molecule has 8 heteroatoms. The smallest absolute Gasteiger partial charge is 0.258 e. The number of nitrogens with one attached hydrogen (secondary N) is 2. The summed E-state index contributed by atoms with van der Waals surface area (Å²) in [5.41, 5.74) is 0.366. The van der Waals surface area contributed by atoms with Crippen molar-refractivity contribution in [3.8, 4) is 5.75 Å². The van der Waals surface area contributed by atoms with Gasteiger partial charge >= 0.3 is 0 Å². The maximum Gasteiger partial charge on any atom is 0.258 e. The highest BCUT2D eigenvalue weighted by molar-refractivity contribution is 9.10. The van der Waals surface area contributed by atoms with Gasteiger partial charge in [-0.25, -0.2) is 4.39 Å². The number of hydrogen-bond acceptors (Lipinski definition) is 4. The molecule has 150 valence electrons. The molecule has 0 bridgehead atoms. The predicted molar refractivity (Wildman–Crippen MR) is 113 cm³/mol. The largest absolute Gasteiger partial charge is 0.484 e. The van der Waals surface area contributed by atoms with Crippen molar-refractivity contribution in [2.24, 2.45) is 0 Å². The van der Waals surface area contributed by atoms with Gasteiger partial charge in [0.05, 0.1) is 0 Å². The van der Waals surface area contributed by atoms with Crippen LogP contribution in [0.1, 0.15) is 12.0 Å². The molecule has 2 N–H and O–H groups in total. The standard InChI is InChI=1S/C20H22BrFN2O3S/c1-28-10-9-18(24-19(25)13-27-16-5-3-2-4-6-16)20(26)23-12-14-11-15(21)7-8-17(14)22/h2-8,11,18H,9-10,12-13H2,1H3,(H,23,26)(H,24,25). The van der Waals surface area contributed by atoms with Crippen LogP contribution in [0.3, 0.4) is 0 Å². The van der Waals surface area contributed by atoms with E-state index in [0.29, 0.717) is 23.5 Å². The number of para-hydroxylation sites is 1. The summed E-state index contributed by atoms with van der Waals surface area (Å²) >= 11 is 4.86. The quantitative estimate of drug-likeness (QED) is 0.559. The van der Waals surface area contributed by atoms with Gasteiger partial charge in [-0.15, -0.1) is 0 Å². The van der Waals surface area contributed by atoms with Crippen molar-refractivity contribution in [1.82, 2.24) is 10.6 Å². The van der Waals surface area contributed by atoms with E-state index < -0.39 is 17.8 Å². The minimum atomic E-state index is -0.713. The highest BCUT2D eigenvalue weighted by atomic mass is 79.9. The number of carbonyl (C=O) groups excluding carboxylic acids is 2. The number of amides is 2. The molecule has 0 aliphatic carbocycles. The lowest BCUT2D eigenvalue weighted by atomic mass is 10.1. The van der Waals surface area contributed by atoms with Crippen LogP contribution in [0, 0.1) is 5.82 Å². The molecule has 5 nitrogen and oxygen atoms in total. The first-order valence-electron chi connectivity index (χ1n) is 8.67. The summed E-state index contributed by atoms with van der Waals surface area (Å²) in [5.74, 6) is 0.126. The highest BCUT2D eigenvalue weighted by Gasteiger charge is 2.21. The summed E-state index contributed by atoms with van der Waals surface area (Å²) in [6, 6.07) is 12.8. The summed E-state index contributed by atoms with van der Waals surface area (Å²) in [5, 5.41) is 5.38. The van der Waals surface area contributed by atoms with Crippen LogP contribution >= 0.6 is 27.7 Å². The van der Waals surface area contributed by atoms with Crippen LogP contribution in [-0.4, -0.2) is 36.5 Å². The zero-order valence-electron chi connectivity index (χ0n) is 15.4. The van der Waals surface area contributed by atoms with Gasteiger partial charge in [-0.2, -0.15) is 11.8 Å². The Labute approximate surface area is 176 Å². The van der Waals surface area contributed by atoms with Gasteiger partial charge < -0.3 is 15.4 Å². The molecule has 2 rings (SSSR count). The number of carbonyl (C=O) groups is 2. The fourth-order valence-electron chi connectivity index (χ4n) is 2.39. The lowest BCUT2D eigenvalue weighted by Crippen LogP contribution is -2.48. The third-order valence-electron chi connectivity index (χ3n) is 3.84. The first-order chi connectivity index (χ1) is 13.5. The van der Waals surface area contributed by atoms with Crippen LogP contribution < -0.4 is 15.4 Å². The molecule has 1 atom stereocenters. The number of halogens is 2. The molecule has 0 aromatic heterocycles. The number of hydrogen-bond donors (Lipinski definition) is 2. The molecular formula is C20H22BrFN2O3S. The topological polar surface area (TPSA) is 67.4 Å². The Kier molecular flexibility index (Phi) is 9.30. The zero-order chi connectivity index (χ0) is 20.4. The minimum Gasteiger partial charge on any atom is -0.484 e. The lowest BCUT2D eigenvalue weighted by molar-refractivity contribution is -0.130. The van der Waals surface area contributed by atoms with E-state index in [1.807, 2.05) is 24.5 Å². The van der Waals surface area contributed by atoms with Crippen LogP contribution in [0.2, 0.25) is 0 Å². The maximum absolute atomic E-state index is 13.8. The molecule has 0 fully saturated rings. The number of thioether (sulfide) groups is 1. The van der Waals surface area contributed by atoms with E-state index >= 15 is 0 Å². The zero-order valence-corrected chi connectivity index (χ0v) is 17.8. The van der Waals surface area contributed by atoms with Crippen LogP contribution in [0.15, 0.2) is 53.0 Å². The van der Waals surface area contributed by atoms with Gasteiger partial charge in [0.25, 0.3) is 5.91 Å². The van der Waals surface area contributed by atoms with Gasteiger partial charge in [-0.1, -0.05) is 34.1 Å². The Hall–Kier alpha value is -2.06. The maximum atomic E-state index is 13.8. The van der Waals surface area contributed by atoms with Crippen molar-refractivity contribution < 1.29 is 18.7 Å². The molecule has 2 aromatic carbocycles. The molecule has 0 saturated heterocycles. The van der Waals surface area contributed by atoms with Crippen molar-refractivity contribution in [3.05, 3.63) is 64.4 Å². The Balaban J connectivity index is 1.90. The summed E-state index contributed by atoms with van der Waals surface area (Å²) in [4.78, 5) is 24.7. The first kappa shape index (κ1) is 22.2. The fraction of sp³-hybridized carbons (Fsp3) is 0.300. The van der Waals surface area contributed by atoms with Gasteiger partial charge in [-0.05, 0) is 48.8 Å². The van der Waals surface area contributed by atoms with Gasteiger partial charge in [0, 0.05) is 16.6 Å². The average Bonchev–Trinajstić information content (AvgIpc) is 2.70. The van der Waals surface area contributed by atoms with E-state index in [1.54, 1.807) is 36.0 Å². The molecule has 0 heterocycles. The summed E-state index contributed by atoms with van der Waals surface area (Å²) in [6.45, 7) is -0.149. The Morgan fingerprint density at radius 3 is 2.68 bits per heavy atom. The number of rotatable bonds is 10. The molecule has 0 spiro atoms. The summed E-state index contributed by atoms with van der Waals surface area (Å²) in [6.07, 6.45) is 2.39. The van der Waals surface area contributed by atoms with Crippen molar-refractivity contribution in [3.63, 3.8) is 0 Å². The SMILES string of the molecule is CSCCC(NC(=O)COc1ccccc1)C(=O)NCc1cc(Br)ccc1F. The van der Waals surface area contributed by atoms with Gasteiger partial charge in [0.1, 0.15) is 17.6 Å². The second-order valence-electron chi connectivity index (χ2n) is 5.96. The second-order valence-corrected chi connectivity index (χ2v) is 7.86. The van der Waals surface area contributed by atoms with E-state index in [0.717, 1.165) is 4.47 Å². The second kappa shape index (κ2) is 11.7. The van der Waals surface area contributed by atoms with Gasteiger partial charge in [-0.3, -0.25) is 9.59 Å². The molecule has 1 unspecified atom stereocenters. The third-order valence-corrected chi connectivity index (χ3v) is 4.97. The van der Waals surface area contributed by atoms with Crippen LogP contribution in [0.5, 0.6) is 5.75 Å². The Morgan fingerprint density at radius 2 is 1.96 bits per heavy atom. The van der Waals surface area contributed by atoms with E-state index in [-0.39, 0.29) is 19.1 Å². The van der Waals surface area contributed by atoms with Crippen molar-refractivity contribution in [2.75, 3.05) is 18.6 Å². The van der Waals surface area contributed by atoms with E-state index in [1.165, 1.54) is 6.07 Å². The molecule has 2 amide bonds. The van der Waals surface area contributed by atoms with Crippen LogP contribution in [0.25, 0.3) is 0 Å². The third kappa shape index (κ3) is 7.52.